The van der Waals surface area contributed by atoms with Gasteiger partial charge in [0.25, 0.3) is 0 Å². The highest BCUT2D eigenvalue weighted by Crippen LogP contribution is 2.26. The Morgan fingerprint density at radius 3 is 2.43 bits per heavy atom. The lowest BCUT2D eigenvalue weighted by molar-refractivity contribution is 0.476. The Bertz CT molecular complexity index is 1100. The number of pyridine rings is 2. The van der Waals surface area contributed by atoms with Gasteiger partial charge < -0.3 is 9.67 Å². The summed E-state index contributed by atoms with van der Waals surface area (Å²) < 4.78 is 1.98. The Balaban J connectivity index is 2.10. The molecule has 0 amide bonds. The molecule has 2 aromatic heterocycles. The number of nitrogens with zero attached hydrogens (tertiary/aromatic N) is 2. The third-order valence-electron chi connectivity index (χ3n) is 4.20. The van der Waals surface area contributed by atoms with Crippen molar-refractivity contribution in [2.24, 2.45) is 7.05 Å². The van der Waals surface area contributed by atoms with Crippen molar-refractivity contribution in [3.63, 3.8) is 0 Å². The lowest BCUT2D eigenvalue weighted by Crippen LogP contribution is -2.09. The molecule has 4 heteroatoms. The monoisotopic (exact) mass is 302 g/mol. The smallest absolute Gasteiger partial charge is 0.197 e. The van der Waals surface area contributed by atoms with E-state index >= 15 is 0 Å². The largest absolute Gasteiger partial charge is 0.508 e. The SMILES string of the molecule is Cn1c2ccc(O)cc2c(=O)c2ccc(-c3ccncc3)cc21. The van der Waals surface area contributed by atoms with Crippen LogP contribution in [0.3, 0.4) is 0 Å². The molecule has 112 valence electrons. The van der Waals surface area contributed by atoms with Gasteiger partial charge in [-0.1, -0.05) is 6.07 Å². The zero-order valence-electron chi connectivity index (χ0n) is 12.5. The number of fused-ring (bicyclic) bond motifs is 2. The van der Waals surface area contributed by atoms with Crippen molar-refractivity contribution >= 4 is 21.8 Å². The third kappa shape index (κ3) is 2.07. The molecule has 2 aromatic carbocycles. The second-order valence-electron chi connectivity index (χ2n) is 5.56. The molecule has 0 unspecified atom stereocenters. The number of aromatic hydroxyl groups is 1. The minimum absolute atomic E-state index is 0.0646. The first-order valence-corrected chi connectivity index (χ1v) is 7.31. The van der Waals surface area contributed by atoms with Crippen LogP contribution in [0.25, 0.3) is 32.9 Å². The molecule has 0 aliphatic carbocycles. The first-order valence-electron chi connectivity index (χ1n) is 7.31. The molecule has 0 saturated heterocycles. The highest BCUT2D eigenvalue weighted by atomic mass is 16.3. The number of rotatable bonds is 1. The van der Waals surface area contributed by atoms with Gasteiger partial charge in [-0.3, -0.25) is 9.78 Å². The molecule has 0 saturated carbocycles. The topological polar surface area (TPSA) is 55.1 Å². The maximum absolute atomic E-state index is 12.7. The van der Waals surface area contributed by atoms with Crippen LogP contribution < -0.4 is 5.43 Å². The summed E-state index contributed by atoms with van der Waals surface area (Å²) in [5.41, 5.74) is 3.69. The van der Waals surface area contributed by atoms with Crippen molar-refractivity contribution in [3.05, 3.63) is 71.1 Å². The highest BCUT2D eigenvalue weighted by Gasteiger charge is 2.10. The molecule has 0 spiro atoms. The summed E-state index contributed by atoms with van der Waals surface area (Å²) in [6, 6.07) is 14.6. The van der Waals surface area contributed by atoms with Gasteiger partial charge in [0.1, 0.15) is 5.75 Å². The molecule has 4 rings (SSSR count). The van der Waals surface area contributed by atoms with Crippen LogP contribution in [-0.2, 0) is 7.05 Å². The van der Waals surface area contributed by atoms with E-state index in [4.69, 9.17) is 0 Å². The fourth-order valence-corrected chi connectivity index (χ4v) is 3.00. The molecular weight excluding hydrogens is 288 g/mol. The van der Waals surface area contributed by atoms with E-state index in [1.165, 1.54) is 6.07 Å². The lowest BCUT2D eigenvalue weighted by atomic mass is 10.0. The third-order valence-corrected chi connectivity index (χ3v) is 4.20. The Morgan fingerprint density at radius 2 is 1.65 bits per heavy atom. The number of phenolic OH excluding ortho intramolecular Hbond substituents is 1. The first-order chi connectivity index (χ1) is 11.1. The summed E-state index contributed by atoms with van der Waals surface area (Å²) in [7, 11) is 1.93. The zero-order chi connectivity index (χ0) is 16.0. The minimum Gasteiger partial charge on any atom is -0.508 e. The molecule has 0 radical (unpaired) electrons. The van der Waals surface area contributed by atoms with Crippen LogP contribution in [0.15, 0.2) is 65.7 Å². The maximum Gasteiger partial charge on any atom is 0.197 e. The number of aromatic nitrogens is 2. The van der Waals surface area contributed by atoms with Gasteiger partial charge in [0.2, 0.25) is 0 Å². The Hall–Kier alpha value is -3.14. The average molecular weight is 302 g/mol. The van der Waals surface area contributed by atoms with Crippen molar-refractivity contribution in [1.82, 2.24) is 9.55 Å². The fourth-order valence-electron chi connectivity index (χ4n) is 3.00. The molecule has 0 bridgehead atoms. The maximum atomic E-state index is 12.7. The van der Waals surface area contributed by atoms with E-state index in [0.717, 1.165) is 22.2 Å². The van der Waals surface area contributed by atoms with Gasteiger partial charge in [0.05, 0.1) is 11.0 Å². The second-order valence-corrected chi connectivity index (χ2v) is 5.56. The van der Waals surface area contributed by atoms with Crippen molar-refractivity contribution in [3.8, 4) is 16.9 Å². The van der Waals surface area contributed by atoms with Gasteiger partial charge in [0.15, 0.2) is 5.43 Å². The van der Waals surface area contributed by atoms with Crippen LogP contribution in [0.4, 0.5) is 0 Å². The minimum atomic E-state index is -0.0646. The molecule has 4 aromatic rings. The summed E-state index contributed by atoms with van der Waals surface area (Å²) in [6.45, 7) is 0. The van der Waals surface area contributed by atoms with Crippen molar-refractivity contribution < 1.29 is 5.11 Å². The van der Waals surface area contributed by atoms with Crippen LogP contribution >= 0.6 is 0 Å². The molecule has 0 fully saturated rings. The van der Waals surface area contributed by atoms with Gasteiger partial charge >= 0.3 is 0 Å². The van der Waals surface area contributed by atoms with Crippen molar-refractivity contribution in [1.29, 1.82) is 0 Å². The van der Waals surface area contributed by atoms with Crippen molar-refractivity contribution in [2.75, 3.05) is 0 Å². The lowest BCUT2D eigenvalue weighted by Gasteiger charge is -2.12. The average Bonchev–Trinajstić information content (AvgIpc) is 2.60. The van der Waals surface area contributed by atoms with E-state index in [1.807, 2.05) is 41.9 Å². The molecule has 0 atom stereocenters. The van der Waals surface area contributed by atoms with E-state index in [9.17, 15) is 9.90 Å². The van der Waals surface area contributed by atoms with Crippen LogP contribution in [0.1, 0.15) is 0 Å². The molecule has 0 aliphatic rings. The normalized spacial score (nSPS) is 11.2. The predicted molar refractivity (Wildman–Crippen MR) is 91.6 cm³/mol. The number of hydrogen-bond acceptors (Lipinski definition) is 3. The second kappa shape index (κ2) is 4.95. The first kappa shape index (κ1) is 13.5. The van der Waals surface area contributed by atoms with E-state index in [0.29, 0.717) is 10.8 Å². The van der Waals surface area contributed by atoms with E-state index in [2.05, 4.69) is 4.98 Å². The van der Waals surface area contributed by atoms with Gasteiger partial charge in [0, 0.05) is 30.2 Å². The summed E-state index contributed by atoms with van der Waals surface area (Å²) >= 11 is 0. The van der Waals surface area contributed by atoms with E-state index in [-0.39, 0.29) is 11.2 Å². The molecule has 2 heterocycles. The van der Waals surface area contributed by atoms with E-state index < -0.39 is 0 Å². The fraction of sp³-hybridized carbons (Fsp3) is 0.0526. The Labute approximate surface area is 132 Å². The number of phenols is 1. The highest BCUT2D eigenvalue weighted by molar-refractivity contribution is 5.95. The summed E-state index contributed by atoms with van der Waals surface area (Å²) in [5.74, 6) is 0.0994. The standard InChI is InChI=1S/C19H14N2O2/c1-21-17-5-3-14(22)11-16(17)19(23)15-4-2-13(10-18(15)21)12-6-8-20-9-7-12/h2-11,22H,1H3. The Kier molecular flexibility index (Phi) is 2.91. The van der Waals surface area contributed by atoms with Crippen LogP contribution in [0.2, 0.25) is 0 Å². The van der Waals surface area contributed by atoms with Crippen molar-refractivity contribution in [2.45, 2.75) is 0 Å². The van der Waals surface area contributed by atoms with Crippen LogP contribution in [0.5, 0.6) is 5.75 Å². The summed E-state index contributed by atoms with van der Waals surface area (Å²) in [5, 5.41) is 10.8. The molecule has 4 nitrogen and oxygen atoms in total. The van der Waals surface area contributed by atoms with Gasteiger partial charge in [-0.15, -0.1) is 0 Å². The van der Waals surface area contributed by atoms with Gasteiger partial charge in [-0.2, -0.15) is 0 Å². The Morgan fingerprint density at radius 1 is 0.870 bits per heavy atom. The quantitative estimate of drug-likeness (QED) is 0.548. The van der Waals surface area contributed by atoms with Gasteiger partial charge in [-0.25, -0.2) is 0 Å². The molecule has 1 N–H and O–H groups in total. The van der Waals surface area contributed by atoms with Crippen LogP contribution in [0, 0.1) is 0 Å². The number of hydrogen-bond donors (Lipinski definition) is 1. The zero-order valence-corrected chi connectivity index (χ0v) is 12.5. The van der Waals surface area contributed by atoms with Gasteiger partial charge in [-0.05, 0) is 53.6 Å². The summed E-state index contributed by atoms with van der Waals surface area (Å²) in [4.78, 5) is 16.7. The van der Waals surface area contributed by atoms with Crippen LogP contribution in [-0.4, -0.2) is 14.7 Å². The molecule has 23 heavy (non-hydrogen) atoms. The number of aryl methyl sites for hydroxylation is 1. The predicted octanol–water partition coefficient (Wildman–Crippen LogP) is 3.46. The molecule has 0 aliphatic heterocycles. The van der Waals surface area contributed by atoms with E-state index in [1.54, 1.807) is 24.5 Å². The number of benzene rings is 2. The molecular formula is C19H14N2O2. The summed E-state index contributed by atoms with van der Waals surface area (Å²) in [6.07, 6.45) is 3.50.